The number of aromatic nitrogens is 3. The molecule has 0 fully saturated rings. The first-order valence-corrected chi connectivity index (χ1v) is 11.5. The number of rotatable bonds is 12. The maximum Gasteiger partial charge on any atom is 0.306 e. The average molecular weight is 490 g/mol. The molecule has 0 amide bonds. The summed E-state index contributed by atoms with van der Waals surface area (Å²) >= 11 is 0.962. The van der Waals surface area contributed by atoms with Gasteiger partial charge in [0, 0.05) is 17.7 Å². The maximum absolute atomic E-state index is 14.9. The zero-order valence-electron chi connectivity index (χ0n) is 19.3. The van der Waals surface area contributed by atoms with Gasteiger partial charge in [-0.3, -0.25) is 19.6 Å². The first-order valence-electron chi connectivity index (χ1n) is 10.6. The van der Waals surface area contributed by atoms with E-state index in [1.807, 2.05) is 26.0 Å². The Hall–Kier alpha value is -2.83. The Bertz CT molecular complexity index is 1120. The van der Waals surface area contributed by atoms with Crippen LogP contribution in [0.2, 0.25) is 0 Å². The SMILES string of the molecule is CONOCCCC(=O)OCc1nc(Cc2cc(C)ccc2C)n(-c2ccc(SN)cc2F)n1. The summed E-state index contributed by atoms with van der Waals surface area (Å²) in [5, 5.41) is 9.99. The molecule has 0 saturated carbocycles. The van der Waals surface area contributed by atoms with E-state index in [-0.39, 0.29) is 31.1 Å². The first-order chi connectivity index (χ1) is 16.4. The summed E-state index contributed by atoms with van der Waals surface area (Å²) in [5.41, 5.74) is 5.73. The Labute approximate surface area is 201 Å². The number of nitrogens with one attached hydrogen (secondary N) is 1. The van der Waals surface area contributed by atoms with Gasteiger partial charge in [0.2, 0.25) is 0 Å². The summed E-state index contributed by atoms with van der Waals surface area (Å²) in [5.74, 6) is -0.0757. The molecule has 1 aromatic heterocycles. The normalized spacial score (nSPS) is 11.1. The van der Waals surface area contributed by atoms with Gasteiger partial charge in [-0.25, -0.2) is 14.1 Å². The molecule has 11 heteroatoms. The molecular weight excluding hydrogens is 461 g/mol. The molecule has 0 aliphatic rings. The van der Waals surface area contributed by atoms with Crippen molar-refractivity contribution in [2.24, 2.45) is 5.14 Å². The van der Waals surface area contributed by atoms with Crippen molar-refractivity contribution in [2.75, 3.05) is 13.7 Å². The minimum Gasteiger partial charge on any atom is -0.457 e. The average Bonchev–Trinajstić information content (AvgIpc) is 3.22. The summed E-state index contributed by atoms with van der Waals surface area (Å²) < 4.78 is 21.6. The van der Waals surface area contributed by atoms with E-state index < -0.39 is 11.8 Å². The van der Waals surface area contributed by atoms with Crippen LogP contribution in [0.4, 0.5) is 4.39 Å². The van der Waals surface area contributed by atoms with Crippen LogP contribution in [-0.2, 0) is 32.2 Å². The van der Waals surface area contributed by atoms with Crippen molar-refractivity contribution < 1.29 is 23.6 Å². The van der Waals surface area contributed by atoms with Crippen LogP contribution in [0.25, 0.3) is 5.69 Å². The van der Waals surface area contributed by atoms with Gasteiger partial charge in [-0.15, -0.1) is 5.10 Å². The van der Waals surface area contributed by atoms with E-state index >= 15 is 0 Å². The molecule has 0 spiro atoms. The second-order valence-electron chi connectivity index (χ2n) is 7.59. The summed E-state index contributed by atoms with van der Waals surface area (Å²) in [4.78, 5) is 26.6. The fourth-order valence-corrected chi connectivity index (χ4v) is 3.58. The van der Waals surface area contributed by atoms with Crippen molar-refractivity contribution in [3.8, 4) is 5.69 Å². The van der Waals surface area contributed by atoms with Crippen molar-refractivity contribution in [2.45, 2.75) is 44.6 Å². The maximum atomic E-state index is 14.9. The van der Waals surface area contributed by atoms with Crippen molar-refractivity contribution in [3.63, 3.8) is 0 Å². The van der Waals surface area contributed by atoms with E-state index in [4.69, 9.17) is 14.7 Å². The van der Waals surface area contributed by atoms with Gasteiger partial charge in [-0.2, -0.15) is 0 Å². The lowest BCUT2D eigenvalue weighted by Gasteiger charge is -2.10. The number of ether oxygens (including phenoxy) is 1. The number of nitrogens with zero attached hydrogens (tertiary/aromatic N) is 3. The second-order valence-corrected chi connectivity index (χ2v) is 8.30. The van der Waals surface area contributed by atoms with E-state index in [0.29, 0.717) is 23.6 Å². The molecule has 0 bridgehead atoms. The molecule has 0 aliphatic heterocycles. The molecule has 182 valence electrons. The van der Waals surface area contributed by atoms with Crippen LogP contribution in [0, 0.1) is 19.7 Å². The second kappa shape index (κ2) is 12.6. The highest BCUT2D eigenvalue weighted by Crippen LogP contribution is 2.23. The minimum atomic E-state index is -0.476. The minimum absolute atomic E-state index is 0.124. The Balaban J connectivity index is 1.80. The Morgan fingerprint density at radius 3 is 2.79 bits per heavy atom. The number of carbonyl (C=O) groups excluding carboxylic acids is 1. The summed E-state index contributed by atoms with van der Waals surface area (Å²) in [7, 11) is 1.42. The van der Waals surface area contributed by atoms with Gasteiger partial charge in [-0.1, -0.05) is 29.4 Å². The Morgan fingerprint density at radius 2 is 2.06 bits per heavy atom. The highest BCUT2D eigenvalue weighted by molar-refractivity contribution is 7.97. The summed E-state index contributed by atoms with van der Waals surface area (Å²) in [6.07, 6.45) is 1.05. The van der Waals surface area contributed by atoms with E-state index in [2.05, 4.69) is 26.6 Å². The molecule has 9 nitrogen and oxygen atoms in total. The van der Waals surface area contributed by atoms with Gasteiger partial charge in [0.1, 0.15) is 17.3 Å². The predicted molar refractivity (Wildman–Crippen MR) is 125 cm³/mol. The number of hydrogen-bond acceptors (Lipinski definition) is 9. The number of benzene rings is 2. The monoisotopic (exact) mass is 489 g/mol. The molecule has 0 atom stereocenters. The molecule has 0 aliphatic carbocycles. The highest BCUT2D eigenvalue weighted by atomic mass is 32.2. The fraction of sp³-hybridized carbons (Fsp3) is 0.348. The Morgan fingerprint density at radius 1 is 1.24 bits per heavy atom. The van der Waals surface area contributed by atoms with Crippen LogP contribution < -0.4 is 10.8 Å². The summed E-state index contributed by atoms with van der Waals surface area (Å²) in [6, 6.07) is 10.8. The van der Waals surface area contributed by atoms with Crippen molar-refractivity contribution in [1.82, 2.24) is 20.4 Å². The van der Waals surface area contributed by atoms with Gasteiger partial charge in [0.25, 0.3) is 0 Å². The van der Waals surface area contributed by atoms with Gasteiger partial charge >= 0.3 is 5.97 Å². The molecule has 3 aromatic rings. The third-order valence-corrected chi connectivity index (χ3v) is 5.51. The van der Waals surface area contributed by atoms with Crippen molar-refractivity contribution in [1.29, 1.82) is 0 Å². The largest absolute Gasteiger partial charge is 0.457 e. The predicted octanol–water partition coefficient (Wildman–Crippen LogP) is 3.49. The molecular formula is C23H28FN5O4S. The molecule has 2 aromatic carbocycles. The zero-order chi connectivity index (χ0) is 24.5. The summed E-state index contributed by atoms with van der Waals surface area (Å²) in [6.45, 7) is 4.18. The van der Waals surface area contributed by atoms with Crippen LogP contribution >= 0.6 is 11.9 Å². The standard InChI is InChI=1S/C23H28FN5O4S/c1-15-6-7-16(2)17(11-15)12-22-26-21(14-32-23(30)5-4-10-33-28-31-3)27-29(22)20-9-8-18(34-25)13-19(20)24/h6-9,11,13,28H,4-5,10,12,14,25H2,1-3H3. The number of carbonyl (C=O) groups is 1. The lowest BCUT2D eigenvalue weighted by Crippen LogP contribution is -2.14. The Kier molecular flexibility index (Phi) is 9.54. The first kappa shape index (κ1) is 25.8. The third-order valence-electron chi connectivity index (χ3n) is 4.99. The van der Waals surface area contributed by atoms with Crippen LogP contribution in [0.5, 0.6) is 0 Å². The van der Waals surface area contributed by atoms with E-state index in [9.17, 15) is 9.18 Å². The lowest BCUT2D eigenvalue weighted by atomic mass is 10.0. The lowest BCUT2D eigenvalue weighted by molar-refractivity contribution is -0.156. The number of esters is 1. The number of hydrogen-bond donors (Lipinski definition) is 2. The van der Waals surface area contributed by atoms with Crippen LogP contribution in [0.3, 0.4) is 0 Å². The highest BCUT2D eigenvalue weighted by Gasteiger charge is 2.18. The van der Waals surface area contributed by atoms with Crippen molar-refractivity contribution >= 4 is 17.9 Å². The van der Waals surface area contributed by atoms with E-state index in [1.54, 1.807) is 12.1 Å². The molecule has 0 radical (unpaired) electrons. The van der Waals surface area contributed by atoms with Gasteiger partial charge in [0.15, 0.2) is 12.4 Å². The molecule has 0 saturated heterocycles. The van der Waals surface area contributed by atoms with Crippen LogP contribution in [0.1, 0.15) is 41.2 Å². The van der Waals surface area contributed by atoms with Gasteiger partial charge in [-0.05, 0) is 61.5 Å². The van der Waals surface area contributed by atoms with Gasteiger partial charge < -0.3 is 4.74 Å². The number of nitrogens with two attached hydrogens (primary N) is 1. The van der Waals surface area contributed by atoms with Crippen molar-refractivity contribution in [3.05, 3.63) is 70.6 Å². The topological polar surface area (TPSA) is 114 Å². The smallest absolute Gasteiger partial charge is 0.306 e. The molecule has 3 rings (SSSR count). The quantitative estimate of drug-likeness (QED) is 0.171. The van der Waals surface area contributed by atoms with E-state index in [0.717, 1.165) is 28.6 Å². The third kappa shape index (κ3) is 7.08. The molecule has 1 heterocycles. The molecule has 0 unspecified atom stereocenters. The number of halogens is 1. The van der Waals surface area contributed by atoms with E-state index in [1.165, 1.54) is 17.9 Å². The molecule has 3 N–H and O–H groups in total. The van der Waals surface area contributed by atoms with Gasteiger partial charge in [0.05, 0.1) is 13.7 Å². The zero-order valence-corrected chi connectivity index (χ0v) is 20.2. The number of aryl methyl sites for hydroxylation is 2. The van der Waals surface area contributed by atoms with Crippen LogP contribution in [0.15, 0.2) is 41.3 Å². The fourth-order valence-electron chi connectivity index (χ4n) is 3.26. The van der Waals surface area contributed by atoms with Crippen LogP contribution in [-0.4, -0.2) is 34.5 Å². The molecule has 34 heavy (non-hydrogen) atoms.